The maximum absolute atomic E-state index is 12.7. The number of benzene rings is 3. The quantitative estimate of drug-likeness (QED) is 0.499. The summed E-state index contributed by atoms with van der Waals surface area (Å²) in [6, 6.07) is 19.7. The van der Waals surface area contributed by atoms with Gasteiger partial charge in [-0.3, -0.25) is 4.79 Å². The van der Waals surface area contributed by atoms with Gasteiger partial charge in [0.2, 0.25) is 11.2 Å². The van der Waals surface area contributed by atoms with Gasteiger partial charge in [-0.05, 0) is 35.9 Å². The third-order valence-electron chi connectivity index (χ3n) is 4.73. The van der Waals surface area contributed by atoms with E-state index in [1.165, 1.54) is 14.2 Å². The summed E-state index contributed by atoms with van der Waals surface area (Å²) in [4.78, 5) is 12.7. The predicted octanol–water partition coefficient (Wildman–Crippen LogP) is 4.76. The summed E-state index contributed by atoms with van der Waals surface area (Å²) in [6.45, 7) is 0.386. The van der Waals surface area contributed by atoms with Gasteiger partial charge in [-0.1, -0.05) is 30.3 Å². The number of hydrogen-bond acceptors (Lipinski definition) is 6. The Morgan fingerprint density at radius 1 is 0.900 bits per heavy atom. The average Bonchev–Trinajstić information content (AvgIpc) is 2.80. The molecule has 0 amide bonds. The van der Waals surface area contributed by atoms with Gasteiger partial charge in [0, 0.05) is 11.6 Å². The Balaban J connectivity index is 1.74. The molecule has 6 nitrogen and oxygen atoms in total. The molecule has 0 aliphatic heterocycles. The Bertz CT molecular complexity index is 1240. The van der Waals surface area contributed by atoms with Crippen LogP contribution in [0.5, 0.6) is 23.0 Å². The average molecular weight is 404 g/mol. The second-order valence-corrected chi connectivity index (χ2v) is 6.61. The molecule has 1 aromatic heterocycles. The lowest BCUT2D eigenvalue weighted by atomic mass is 10.1. The summed E-state index contributed by atoms with van der Waals surface area (Å²) < 4.78 is 22.3. The first kappa shape index (κ1) is 19.4. The fourth-order valence-corrected chi connectivity index (χ4v) is 3.17. The standard InChI is InChI=1S/C24H20O6/c1-27-19-11-8-16(12-21(19)28-2)24-23(26)22(25)18-10-9-17(13-20(18)30-24)29-14-15-6-4-3-5-7-15/h3-13,26H,14H2,1-2H3. The second-order valence-electron chi connectivity index (χ2n) is 6.61. The van der Waals surface area contributed by atoms with Crippen LogP contribution in [0.4, 0.5) is 0 Å². The molecule has 0 radical (unpaired) electrons. The highest BCUT2D eigenvalue weighted by Gasteiger charge is 2.17. The van der Waals surface area contributed by atoms with Crippen LogP contribution in [0.25, 0.3) is 22.3 Å². The molecule has 4 rings (SSSR count). The fourth-order valence-electron chi connectivity index (χ4n) is 3.17. The van der Waals surface area contributed by atoms with Crippen LogP contribution in [-0.2, 0) is 6.61 Å². The molecule has 0 saturated heterocycles. The third kappa shape index (κ3) is 3.67. The highest BCUT2D eigenvalue weighted by atomic mass is 16.5. The number of aromatic hydroxyl groups is 1. The van der Waals surface area contributed by atoms with Crippen molar-refractivity contribution < 1.29 is 23.7 Å². The zero-order chi connectivity index (χ0) is 21.1. The van der Waals surface area contributed by atoms with Gasteiger partial charge in [-0.2, -0.15) is 0 Å². The van der Waals surface area contributed by atoms with Crippen molar-refractivity contribution in [1.29, 1.82) is 0 Å². The first-order valence-corrected chi connectivity index (χ1v) is 9.29. The van der Waals surface area contributed by atoms with Crippen molar-refractivity contribution in [3.05, 3.63) is 82.5 Å². The molecule has 3 aromatic carbocycles. The van der Waals surface area contributed by atoms with Crippen LogP contribution in [-0.4, -0.2) is 19.3 Å². The summed E-state index contributed by atoms with van der Waals surface area (Å²) in [5, 5.41) is 10.7. The summed E-state index contributed by atoms with van der Waals surface area (Å²) in [7, 11) is 3.04. The van der Waals surface area contributed by atoms with E-state index in [0.717, 1.165) is 5.56 Å². The molecule has 0 aliphatic carbocycles. The Morgan fingerprint density at radius 2 is 1.67 bits per heavy atom. The lowest BCUT2D eigenvalue weighted by molar-refractivity contribution is 0.306. The molecule has 6 heteroatoms. The zero-order valence-electron chi connectivity index (χ0n) is 16.5. The van der Waals surface area contributed by atoms with Crippen LogP contribution in [0.2, 0.25) is 0 Å². The van der Waals surface area contributed by atoms with E-state index in [4.69, 9.17) is 18.6 Å². The molecule has 152 valence electrons. The first-order chi connectivity index (χ1) is 14.6. The summed E-state index contributed by atoms with van der Waals surface area (Å²) in [5.41, 5.74) is 1.30. The van der Waals surface area contributed by atoms with E-state index in [2.05, 4.69) is 0 Å². The van der Waals surface area contributed by atoms with E-state index in [9.17, 15) is 9.90 Å². The van der Waals surface area contributed by atoms with Gasteiger partial charge >= 0.3 is 0 Å². The molecule has 0 saturated carbocycles. The van der Waals surface area contributed by atoms with Crippen molar-refractivity contribution in [3.63, 3.8) is 0 Å². The van der Waals surface area contributed by atoms with Gasteiger partial charge < -0.3 is 23.7 Å². The Hall–Kier alpha value is -3.93. The molecule has 0 fully saturated rings. The van der Waals surface area contributed by atoms with E-state index >= 15 is 0 Å². The molecular formula is C24H20O6. The smallest absolute Gasteiger partial charge is 0.235 e. The van der Waals surface area contributed by atoms with E-state index in [-0.39, 0.29) is 11.1 Å². The number of fused-ring (bicyclic) bond motifs is 1. The van der Waals surface area contributed by atoms with Crippen LogP contribution < -0.4 is 19.6 Å². The van der Waals surface area contributed by atoms with Crippen LogP contribution in [0.1, 0.15) is 5.56 Å². The molecule has 4 aromatic rings. The molecule has 0 atom stereocenters. The van der Waals surface area contributed by atoms with E-state index < -0.39 is 11.2 Å². The second kappa shape index (κ2) is 8.21. The van der Waals surface area contributed by atoms with Gasteiger partial charge in [0.25, 0.3) is 0 Å². The van der Waals surface area contributed by atoms with Crippen molar-refractivity contribution in [3.8, 4) is 34.3 Å². The zero-order valence-corrected chi connectivity index (χ0v) is 16.5. The Labute approximate surface area is 172 Å². The minimum absolute atomic E-state index is 0.0497. The largest absolute Gasteiger partial charge is 0.502 e. The molecule has 0 spiro atoms. The number of rotatable bonds is 6. The minimum atomic E-state index is -0.518. The lowest BCUT2D eigenvalue weighted by Gasteiger charge is -2.11. The fraction of sp³-hybridized carbons (Fsp3) is 0.125. The predicted molar refractivity (Wildman–Crippen MR) is 113 cm³/mol. The molecule has 30 heavy (non-hydrogen) atoms. The van der Waals surface area contributed by atoms with Crippen molar-refractivity contribution >= 4 is 11.0 Å². The van der Waals surface area contributed by atoms with Crippen LogP contribution in [0.3, 0.4) is 0 Å². The maximum Gasteiger partial charge on any atom is 0.235 e. The number of methoxy groups -OCH3 is 2. The monoisotopic (exact) mass is 404 g/mol. The van der Waals surface area contributed by atoms with Gasteiger partial charge in [-0.25, -0.2) is 0 Å². The molecule has 0 unspecified atom stereocenters. The summed E-state index contributed by atoms with van der Waals surface area (Å²) >= 11 is 0. The van der Waals surface area contributed by atoms with E-state index in [1.54, 1.807) is 36.4 Å². The normalized spacial score (nSPS) is 10.7. The molecule has 1 heterocycles. The Morgan fingerprint density at radius 3 is 2.40 bits per heavy atom. The summed E-state index contributed by atoms with van der Waals surface area (Å²) in [6.07, 6.45) is 0. The van der Waals surface area contributed by atoms with E-state index in [1.807, 2.05) is 30.3 Å². The van der Waals surface area contributed by atoms with Gasteiger partial charge in [-0.15, -0.1) is 0 Å². The molecule has 1 N–H and O–H groups in total. The third-order valence-corrected chi connectivity index (χ3v) is 4.73. The topological polar surface area (TPSA) is 78.1 Å². The Kier molecular flexibility index (Phi) is 5.30. The van der Waals surface area contributed by atoms with Crippen molar-refractivity contribution in [1.82, 2.24) is 0 Å². The van der Waals surface area contributed by atoms with Gasteiger partial charge in [0.05, 0.1) is 19.6 Å². The molecular weight excluding hydrogens is 384 g/mol. The maximum atomic E-state index is 12.7. The number of ether oxygens (including phenoxy) is 3. The van der Waals surface area contributed by atoms with Crippen LogP contribution in [0.15, 0.2) is 75.9 Å². The van der Waals surface area contributed by atoms with E-state index in [0.29, 0.717) is 35.0 Å². The van der Waals surface area contributed by atoms with Crippen LogP contribution >= 0.6 is 0 Å². The molecule has 0 bridgehead atoms. The van der Waals surface area contributed by atoms with Gasteiger partial charge in [0.15, 0.2) is 17.3 Å². The molecule has 0 aliphatic rings. The highest BCUT2D eigenvalue weighted by molar-refractivity contribution is 5.83. The SMILES string of the molecule is COc1ccc(-c2oc3cc(OCc4ccccc4)ccc3c(=O)c2O)cc1OC. The van der Waals surface area contributed by atoms with Crippen LogP contribution in [0, 0.1) is 0 Å². The highest BCUT2D eigenvalue weighted by Crippen LogP contribution is 2.36. The van der Waals surface area contributed by atoms with Crippen molar-refractivity contribution in [2.45, 2.75) is 6.61 Å². The minimum Gasteiger partial charge on any atom is -0.502 e. The summed E-state index contributed by atoms with van der Waals surface area (Å²) in [5.74, 6) is 1.12. The van der Waals surface area contributed by atoms with Crippen molar-refractivity contribution in [2.75, 3.05) is 14.2 Å². The number of hydrogen-bond donors (Lipinski definition) is 1. The van der Waals surface area contributed by atoms with Crippen molar-refractivity contribution in [2.24, 2.45) is 0 Å². The first-order valence-electron chi connectivity index (χ1n) is 9.29. The van der Waals surface area contributed by atoms with Gasteiger partial charge in [0.1, 0.15) is 17.9 Å². The lowest BCUT2D eigenvalue weighted by Crippen LogP contribution is -2.03.